The summed E-state index contributed by atoms with van der Waals surface area (Å²) in [7, 11) is 0. The molecule has 0 fully saturated rings. The van der Waals surface area contributed by atoms with Crippen LogP contribution in [0.1, 0.15) is 24.1 Å². The normalized spacial score (nSPS) is 12.3. The van der Waals surface area contributed by atoms with Crippen LogP contribution in [0, 0.1) is 6.92 Å². The van der Waals surface area contributed by atoms with Crippen molar-refractivity contribution in [2.75, 3.05) is 5.75 Å². The van der Waals surface area contributed by atoms with Gasteiger partial charge in [0.15, 0.2) is 5.58 Å². The maximum atomic E-state index is 12.4. The van der Waals surface area contributed by atoms with E-state index in [0.29, 0.717) is 16.3 Å². The van der Waals surface area contributed by atoms with Crippen molar-refractivity contribution in [3.8, 4) is 5.69 Å². The van der Waals surface area contributed by atoms with E-state index in [1.165, 1.54) is 11.8 Å². The minimum Gasteiger partial charge on any atom is -0.429 e. The molecule has 5 aromatic rings. The Bertz CT molecular complexity index is 1380. The second-order valence-corrected chi connectivity index (χ2v) is 8.51. The van der Waals surface area contributed by atoms with Crippen molar-refractivity contribution < 1.29 is 9.21 Å². The predicted molar refractivity (Wildman–Crippen MR) is 125 cm³/mol. The molecular weight excluding hydrogens is 422 g/mol. The van der Waals surface area contributed by atoms with Gasteiger partial charge in [0.25, 0.3) is 5.22 Å². The van der Waals surface area contributed by atoms with E-state index in [-0.39, 0.29) is 17.7 Å². The minimum absolute atomic E-state index is 0.0674. The molecule has 0 bridgehead atoms. The molecule has 0 unspecified atom stereocenters. The van der Waals surface area contributed by atoms with Crippen molar-refractivity contribution in [2.24, 2.45) is 0 Å². The molecule has 0 radical (unpaired) electrons. The maximum absolute atomic E-state index is 12.4. The van der Waals surface area contributed by atoms with E-state index in [1.54, 1.807) is 4.80 Å². The Morgan fingerprint density at radius 3 is 2.44 bits per heavy atom. The van der Waals surface area contributed by atoms with E-state index < -0.39 is 0 Å². The summed E-state index contributed by atoms with van der Waals surface area (Å²) in [6.07, 6.45) is 0. The number of nitrogens with zero attached hydrogens (tertiary/aromatic N) is 4. The molecule has 5 rings (SSSR count). The van der Waals surface area contributed by atoms with Gasteiger partial charge in [0, 0.05) is 0 Å². The zero-order valence-electron chi connectivity index (χ0n) is 17.6. The number of carbonyl (C=O) groups excluding carboxylic acids is 1. The van der Waals surface area contributed by atoms with Crippen molar-refractivity contribution >= 4 is 39.8 Å². The fourth-order valence-corrected chi connectivity index (χ4v) is 4.19. The monoisotopic (exact) mass is 443 g/mol. The Morgan fingerprint density at radius 1 is 1.03 bits per heavy atom. The molecule has 2 heterocycles. The SMILES string of the molecule is Cc1cc(-n2nc3ccccc3n2)c2oc(SCC(=O)N[C@H](C)c3ccccc3)nc2c1. The standard InChI is InChI=1S/C24H21N5O2S/c1-15-12-20-23(21(13-15)29-27-18-10-6-7-11-19(18)28-29)31-24(26-20)32-14-22(30)25-16(2)17-8-4-3-5-9-17/h3-13,16H,14H2,1-2H3,(H,25,30)/t16-/m1/s1. The van der Waals surface area contributed by atoms with Gasteiger partial charge in [-0.3, -0.25) is 4.79 Å². The molecule has 7 nitrogen and oxygen atoms in total. The fourth-order valence-electron chi connectivity index (χ4n) is 3.54. The van der Waals surface area contributed by atoms with Crippen LogP contribution in [0.25, 0.3) is 27.8 Å². The smallest absolute Gasteiger partial charge is 0.257 e. The van der Waals surface area contributed by atoms with Gasteiger partial charge in [-0.05, 0) is 49.2 Å². The zero-order valence-corrected chi connectivity index (χ0v) is 18.5. The summed E-state index contributed by atoms with van der Waals surface area (Å²) in [5.74, 6) is 0.132. The Hall–Kier alpha value is -3.65. The van der Waals surface area contributed by atoms with E-state index in [0.717, 1.165) is 27.8 Å². The van der Waals surface area contributed by atoms with Gasteiger partial charge in [-0.15, -0.1) is 15.0 Å². The van der Waals surface area contributed by atoms with Gasteiger partial charge in [-0.25, -0.2) is 4.98 Å². The number of benzene rings is 3. The van der Waals surface area contributed by atoms with Crippen molar-refractivity contribution in [3.63, 3.8) is 0 Å². The molecule has 3 aromatic carbocycles. The van der Waals surface area contributed by atoms with Crippen molar-refractivity contribution in [1.82, 2.24) is 25.3 Å². The highest BCUT2D eigenvalue weighted by atomic mass is 32.2. The number of fused-ring (bicyclic) bond motifs is 2. The molecule has 0 saturated carbocycles. The predicted octanol–water partition coefficient (Wildman–Crippen LogP) is 4.84. The number of amides is 1. The molecular formula is C24H21N5O2S. The third-order valence-electron chi connectivity index (χ3n) is 5.10. The summed E-state index contributed by atoms with van der Waals surface area (Å²) in [6.45, 7) is 3.96. The van der Waals surface area contributed by atoms with Crippen LogP contribution in [0.4, 0.5) is 0 Å². The number of nitrogens with one attached hydrogen (secondary N) is 1. The fraction of sp³-hybridized carbons (Fsp3) is 0.167. The van der Waals surface area contributed by atoms with Crippen molar-refractivity contribution in [2.45, 2.75) is 25.1 Å². The van der Waals surface area contributed by atoms with Crippen LogP contribution in [-0.2, 0) is 4.79 Å². The largest absolute Gasteiger partial charge is 0.429 e. The number of aromatic nitrogens is 4. The highest BCUT2D eigenvalue weighted by Gasteiger charge is 2.17. The average Bonchev–Trinajstić information content (AvgIpc) is 3.41. The molecule has 1 amide bonds. The Labute approximate surface area is 188 Å². The van der Waals surface area contributed by atoms with Gasteiger partial charge in [-0.1, -0.05) is 54.2 Å². The molecule has 0 aliphatic rings. The summed E-state index contributed by atoms with van der Waals surface area (Å²) in [4.78, 5) is 18.6. The third-order valence-corrected chi connectivity index (χ3v) is 5.93. The molecule has 1 atom stereocenters. The van der Waals surface area contributed by atoms with Gasteiger partial charge >= 0.3 is 0 Å². The summed E-state index contributed by atoms with van der Waals surface area (Å²) in [6, 6.07) is 21.4. The first-order valence-electron chi connectivity index (χ1n) is 10.3. The Kier molecular flexibility index (Phi) is 5.36. The Morgan fingerprint density at radius 2 is 1.72 bits per heavy atom. The Balaban J connectivity index is 1.35. The van der Waals surface area contributed by atoms with E-state index >= 15 is 0 Å². The number of carbonyl (C=O) groups is 1. The molecule has 0 saturated heterocycles. The first kappa shape index (κ1) is 20.3. The molecule has 8 heteroatoms. The second kappa shape index (κ2) is 8.47. The minimum atomic E-state index is -0.0787. The molecule has 2 aromatic heterocycles. The van der Waals surface area contributed by atoms with Gasteiger partial charge in [0.1, 0.15) is 22.2 Å². The molecule has 0 aliphatic heterocycles. The van der Waals surface area contributed by atoms with E-state index in [2.05, 4.69) is 20.5 Å². The number of rotatable bonds is 6. The summed E-state index contributed by atoms with van der Waals surface area (Å²) in [5.41, 5.74) is 5.72. The summed E-state index contributed by atoms with van der Waals surface area (Å²) in [5, 5.41) is 12.6. The van der Waals surface area contributed by atoms with E-state index in [1.807, 2.05) is 80.6 Å². The van der Waals surface area contributed by atoms with E-state index in [4.69, 9.17) is 4.42 Å². The lowest BCUT2D eigenvalue weighted by Crippen LogP contribution is -2.28. The topological polar surface area (TPSA) is 85.8 Å². The van der Waals surface area contributed by atoms with Gasteiger partial charge in [-0.2, -0.15) is 0 Å². The van der Waals surface area contributed by atoms with Crippen LogP contribution in [0.3, 0.4) is 0 Å². The highest BCUT2D eigenvalue weighted by molar-refractivity contribution is 7.99. The molecule has 0 spiro atoms. The van der Waals surface area contributed by atoms with E-state index in [9.17, 15) is 4.79 Å². The quantitative estimate of drug-likeness (QED) is 0.378. The lowest BCUT2D eigenvalue weighted by Gasteiger charge is -2.13. The number of hydrogen-bond acceptors (Lipinski definition) is 6. The average molecular weight is 444 g/mol. The van der Waals surface area contributed by atoms with Gasteiger partial charge in [0.2, 0.25) is 5.91 Å². The van der Waals surface area contributed by atoms with Crippen LogP contribution in [0.2, 0.25) is 0 Å². The van der Waals surface area contributed by atoms with Crippen LogP contribution in [-0.4, -0.2) is 31.6 Å². The molecule has 160 valence electrons. The lowest BCUT2D eigenvalue weighted by molar-refractivity contribution is -0.119. The third kappa shape index (κ3) is 4.09. The number of aryl methyl sites for hydroxylation is 1. The summed E-state index contributed by atoms with van der Waals surface area (Å²) < 4.78 is 6.02. The zero-order chi connectivity index (χ0) is 22.1. The van der Waals surface area contributed by atoms with Crippen LogP contribution >= 0.6 is 11.8 Å². The van der Waals surface area contributed by atoms with Crippen LogP contribution in [0.15, 0.2) is 76.4 Å². The van der Waals surface area contributed by atoms with Gasteiger partial charge < -0.3 is 9.73 Å². The summed E-state index contributed by atoms with van der Waals surface area (Å²) >= 11 is 1.27. The van der Waals surface area contributed by atoms with Crippen LogP contribution < -0.4 is 5.32 Å². The highest BCUT2D eigenvalue weighted by Crippen LogP contribution is 2.29. The molecule has 0 aliphatic carbocycles. The van der Waals surface area contributed by atoms with Crippen molar-refractivity contribution in [1.29, 1.82) is 0 Å². The first-order valence-corrected chi connectivity index (χ1v) is 11.3. The lowest BCUT2D eigenvalue weighted by atomic mass is 10.1. The first-order chi connectivity index (χ1) is 15.6. The van der Waals surface area contributed by atoms with Crippen LogP contribution in [0.5, 0.6) is 0 Å². The number of hydrogen-bond donors (Lipinski definition) is 1. The second-order valence-electron chi connectivity index (χ2n) is 7.58. The molecule has 1 N–H and O–H groups in total. The molecule has 32 heavy (non-hydrogen) atoms. The van der Waals surface area contributed by atoms with Gasteiger partial charge in [0.05, 0.1) is 11.8 Å². The van der Waals surface area contributed by atoms with Crippen molar-refractivity contribution in [3.05, 3.63) is 77.9 Å². The maximum Gasteiger partial charge on any atom is 0.257 e. The number of oxazole rings is 1. The number of thioether (sulfide) groups is 1.